The van der Waals surface area contributed by atoms with Gasteiger partial charge in [0.15, 0.2) is 0 Å². The van der Waals surface area contributed by atoms with Gasteiger partial charge in [0.05, 0.1) is 6.54 Å². The van der Waals surface area contributed by atoms with Gasteiger partial charge in [0, 0.05) is 12.5 Å². The Morgan fingerprint density at radius 3 is 2.44 bits per heavy atom. The van der Waals surface area contributed by atoms with E-state index in [1.54, 1.807) is 12.1 Å². The zero-order valence-electron chi connectivity index (χ0n) is 9.72. The van der Waals surface area contributed by atoms with Crippen LogP contribution in [0.25, 0.3) is 0 Å². The van der Waals surface area contributed by atoms with Crippen LogP contribution in [0.4, 0.5) is 0 Å². The summed E-state index contributed by atoms with van der Waals surface area (Å²) in [6, 6.07) is 3.35. The number of nitrogens with one attached hydrogen (secondary N) is 1. The first-order chi connectivity index (χ1) is 7.50. The molecule has 2 N–H and O–H groups in total. The van der Waals surface area contributed by atoms with Crippen LogP contribution < -0.4 is 5.32 Å². The second kappa shape index (κ2) is 5.22. The fourth-order valence-electron chi connectivity index (χ4n) is 1.44. The largest absolute Gasteiger partial charge is 0.508 e. The second-order valence-electron chi connectivity index (χ2n) is 3.67. The zero-order valence-corrected chi connectivity index (χ0v) is 9.72. The van der Waals surface area contributed by atoms with E-state index in [0.29, 0.717) is 6.54 Å². The van der Waals surface area contributed by atoms with Crippen molar-refractivity contribution in [3.8, 4) is 17.6 Å². The van der Waals surface area contributed by atoms with E-state index >= 15 is 0 Å². The molecule has 0 fully saturated rings. The SMILES string of the molecule is CC(=O)NCC#Cc1c(C)cc(O)cc1C. The van der Waals surface area contributed by atoms with E-state index in [2.05, 4.69) is 17.2 Å². The fraction of sp³-hybridized carbons (Fsp3) is 0.308. The van der Waals surface area contributed by atoms with Gasteiger partial charge in [-0.05, 0) is 37.1 Å². The Morgan fingerprint density at radius 2 is 1.94 bits per heavy atom. The van der Waals surface area contributed by atoms with Gasteiger partial charge in [-0.2, -0.15) is 0 Å². The third-order valence-electron chi connectivity index (χ3n) is 2.16. The van der Waals surface area contributed by atoms with Crippen molar-refractivity contribution < 1.29 is 9.90 Å². The summed E-state index contributed by atoms with van der Waals surface area (Å²) in [5.41, 5.74) is 2.78. The van der Waals surface area contributed by atoms with E-state index in [9.17, 15) is 9.90 Å². The monoisotopic (exact) mass is 217 g/mol. The average Bonchev–Trinajstić information content (AvgIpc) is 2.14. The molecule has 0 spiro atoms. The van der Waals surface area contributed by atoms with Crippen molar-refractivity contribution >= 4 is 5.91 Å². The van der Waals surface area contributed by atoms with E-state index in [0.717, 1.165) is 16.7 Å². The lowest BCUT2D eigenvalue weighted by atomic mass is 10.0. The van der Waals surface area contributed by atoms with E-state index < -0.39 is 0 Å². The van der Waals surface area contributed by atoms with Gasteiger partial charge in [0.25, 0.3) is 0 Å². The van der Waals surface area contributed by atoms with Gasteiger partial charge in [0.2, 0.25) is 5.91 Å². The highest BCUT2D eigenvalue weighted by molar-refractivity contribution is 5.73. The second-order valence-corrected chi connectivity index (χ2v) is 3.67. The number of phenols is 1. The fourth-order valence-corrected chi connectivity index (χ4v) is 1.44. The van der Waals surface area contributed by atoms with Crippen molar-refractivity contribution in [1.29, 1.82) is 0 Å². The third kappa shape index (κ3) is 3.32. The molecule has 1 aromatic rings. The predicted molar refractivity (Wildman–Crippen MR) is 63.1 cm³/mol. The van der Waals surface area contributed by atoms with Crippen LogP contribution in [-0.4, -0.2) is 17.6 Å². The Hall–Kier alpha value is -1.95. The molecule has 0 aliphatic heterocycles. The number of carbonyl (C=O) groups excluding carboxylic acids is 1. The van der Waals surface area contributed by atoms with Crippen LogP contribution in [0, 0.1) is 25.7 Å². The molecular weight excluding hydrogens is 202 g/mol. The summed E-state index contributed by atoms with van der Waals surface area (Å²) in [6.07, 6.45) is 0. The van der Waals surface area contributed by atoms with Gasteiger partial charge in [-0.15, -0.1) is 0 Å². The molecule has 84 valence electrons. The van der Waals surface area contributed by atoms with Crippen LogP contribution in [0.15, 0.2) is 12.1 Å². The van der Waals surface area contributed by atoms with Crippen molar-refractivity contribution in [2.24, 2.45) is 0 Å². The number of rotatable bonds is 1. The number of hydrogen-bond donors (Lipinski definition) is 2. The van der Waals surface area contributed by atoms with E-state index in [1.165, 1.54) is 6.92 Å². The molecule has 0 aromatic heterocycles. The molecule has 0 saturated carbocycles. The van der Waals surface area contributed by atoms with Crippen LogP contribution in [-0.2, 0) is 4.79 Å². The van der Waals surface area contributed by atoms with Crippen LogP contribution in [0.5, 0.6) is 5.75 Å². The maximum Gasteiger partial charge on any atom is 0.217 e. The third-order valence-corrected chi connectivity index (χ3v) is 2.16. The predicted octanol–water partition coefficient (Wildman–Crippen LogP) is 1.50. The molecule has 1 amide bonds. The average molecular weight is 217 g/mol. The van der Waals surface area contributed by atoms with E-state index in [4.69, 9.17) is 0 Å². The Balaban J connectivity index is 2.84. The Bertz CT molecular complexity index is 444. The highest BCUT2D eigenvalue weighted by atomic mass is 16.3. The lowest BCUT2D eigenvalue weighted by Gasteiger charge is -2.03. The van der Waals surface area contributed by atoms with Crippen LogP contribution in [0.1, 0.15) is 23.6 Å². The number of aryl methyl sites for hydroxylation is 2. The Morgan fingerprint density at radius 1 is 1.38 bits per heavy atom. The van der Waals surface area contributed by atoms with Crippen LogP contribution in [0.2, 0.25) is 0 Å². The molecule has 16 heavy (non-hydrogen) atoms. The van der Waals surface area contributed by atoms with E-state index in [1.807, 2.05) is 13.8 Å². The highest BCUT2D eigenvalue weighted by Gasteiger charge is 2.01. The maximum atomic E-state index is 10.6. The summed E-state index contributed by atoms with van der Waals surface area (Å²) in [6.45, 7) is 5.60. The Labute approximate surface area is 95.5 Å². The summed E-state index contributed by atoms with van der Waals surface area (Å²) in [4.78, 5) is 10.6. The number of aromatic hydroxyl groups is 1. The minimum absolute atomic E-state index is 0.0894. The first kappa shape index (κ1) is 12.1. The first-order valence-corrected chi connectivity index (χ1v) is 5.04. The number of benzene rings is 1. The minimum atomic E-state index is -0.0894. The standard InChI is InChI=1S/C13H15NO2/c1-9-7-12(16)8-10(2)13(9)5-4-6-14-11(3)15/h7-8,16H,6H2,1-3H3,(H,14,15). The van der Waals surface area contributed by atoms with Gasteiger partial charge in [-0.3, -0.25) is 4.79 Å². The van der Waals surface area contributed by atoms with Crippen molar-refractivity contribution in [3.05, 3.63) is 28.8 Å². The summed E-state index contributed by atoms with van der Waals surface area (Å²) in [7, 11) is 0. The topological polar surface area (TPSA) is 49.3 Å². The molecule has 1 aromatic carbocycles. The van der Waals surface area contributed by atoms with Crippen LogP contribution in [0.3, 0.4) is 0 Å². The zero-order chi connectivity index (χ0) is 12.1. The van der Waals surface area contributed by atoms with Crippen LogP contribution >= 0.6 is 0 Å². The van der Waals surface area contributed by atoms with Crippen molar-refractivity contribution in [1.82, 2.24) is 5.32 Å². The van der Waals surface area contributed by atoms with Crippen molar-refractivity contribution in [3.63, 3.8) is 0 Å². The first-order valence-electron chi connectivity index (χ1n) is 5.04. The molecule has 0 bridgehead atoms. The highest BCUT2D eigenvalue weighted by Crippen LogP contribution is 2.19. The Kier molecular flexibility index (Phi) is 3.96. The molecule has 1 rings (SSSR count). The molecule has 0 aliphatic carbocycles. The maximum absolute atomic E-state index is 10.6. The van der Waals surface area contributed by atoms with Gasteiger partial charge >= 0.3 is 0 Å². The minimum Gasteiger partial charge on any atom is -0.508 e. The number of phenolic OH excluding ortho intramolecular Hbond substituents is 1. The molecule has 0 aliphatic rings. The summed E-state index contributed by atoms with van der Waals surface area (Å²) in [5.74, 6) is 6.02. The molecular formula is C13H15NO2. The van der Waals surface area contributed by atoms with Gasteiger partial charge in [0.1, 0.15) is 5.75 Å². The van der Waals surface area contributed by atoms with Gasteiger partial charge in [-0.1, -0.05) is 11.8 Å². The molecule has 0 saturated heterocycles. The van der Waals surface area contributed by atoms with Crippen molar-refractivity contribution in [2.75, 3.05) is 6.54 Å². The molecule has 0 radical (unpaired) electrons. The normalized spacial score (nSPS) is 9.19. The molecule has 0 heterocycles. The molecule has 3 nitrogen and oxygen atoms in total. The summed E-state index contributed by atoms with van der Waals surface area (Å²) in [5, 5.41) is 12.0. The molecule has 3 heteroatoms. The lowest BCUT2D eigenvalue weighted by molar-refractivity contribution is -0.118. The summed E-state index contributed by atoms with van der Waals surface area (Å²) < 4.78 is 0. The van der Waals surface area contributed by atoms with E-state index in [-0.39, 0.29) is 11.7 Å². The number of amides is 1. The number of hydrogen-bond acceptors (Lipinski definition) is 2. The quantitative estimate of drug-likeness (QED) is 0.700. The van der Waals surface area contributed by atoms with Crippen molar-refractivity contribution in [2.45, 2.75) is 20.8 Å². The lowest BCUT2D eigenvalue weighted by Crippen LogP contribution is -2.19. The van der Waals surface area contributed by atoms with Gasteiger partial charge < -0.3 is 10.4 Å². The molecule has 0 unspecified atom stereocenters. The molecule has 0 atom stereocenters. The smallest absolute Gasteiger partial charge is 0.217 e. The van der Waals surface area contributed by atoms with Gasteiger partial charge in [-0.25, -0.2) is 0 Å². The summed E-state index contributed by atoms with van der Waals surface area (Å²) >= 11 is 0. The number of carbonyl (C=O) groups is 1.